The van der Waals surface area contributed by atoms with Gasteiger partial charge in [0.25, 0.3) is 5.91 Å². The van der Waals surface area contributed by atoms with Crippen LogP contribution in [0, 0.1) is 23.4 Å². The lowest BCUT2D eigenvalue weighted by atomic mass is 9.96. The number of carbonyl (C=O) groups is 3. The summed E-state index contributed by atoms with van der Waals surface area (Å²) in [6.07, 6.45) is 1.24. The molecule has 1 atom stereocenters. The maximum absolute atomic E-state index is 13.7. The monoisotopic (exact) mass is 439 g/mol. The third kappa shape index (κ3) is 4.81. The quantitative estimate of drug-likeness (QED) is 0.728. The van der Waals surface area contributed by atoms with Crippen molar-refractivity contribution in [2.75, 3.05) is 32.0 Å². The number of nitrogens with zero attached hydrogens (tertiary/aromatic N) is 2. The number of halogens is 3. The van der Waals surface area contributed by atoms with Crippen molar-refractivity contribution in [1.29, 1.82) is 0 Å². The summed E-state index contributed by atoms with van der Waals surface area (Å²) in [5, 5.41) is 3.94. The van der Waals surface area contributed by atoms with Crippen LogP contribution in [0.3, 0.4) is 0 Å². The lowest BCUT2D eigenvalue weighted by Gasteiger charge is -2.33. The second-order valence-electron chi connectivity index (χ2n) is 7.03. The van der Waals surface area contributed by atoms with Crippen molar-refractivity contribution in [2.24, 2.45) is 5.92 Å². The third-order valence-electron chi connectivity index (χ3n) is 4.86. The van der Waals surface area contributed by atoms with Crippen LogP contribution < -0.4 is 5.32 Å². The van der Waals surface area contributed by atoms with Crippen LogP contribution in [0.2, 0.25) is 0 Å². The summed E-state index contributed by atoms with van der Waals surface area (Å²) in [5.74, 6) is -6.21. The van der Waals surface area contributed by atoms with Crippen LogP contribution in [-0.2, 0) is 9.59 Å². The highest BCUT2D eigenvalue weighted by Crippen LogP contribution is 2.22. The Morgan fingerprint density at radius 1 is 1.20 bits per heavy atom. The number of anilines is 1. The molecule has 2 heterocycles. The minimum absolute atomic E-state index is 0.128. The molecule has 1 N–H and O–H groups in total. The van der Waals surface area contributed by atoms with Crippen LogP contribution in [0.4, 0.5) is 18.9 Å². The van der Waals surface area contributed by atoms with Gasteiger partial charge in [0.1, 0.15) is 0 Å². The molecule has 30 heavy (non-hydrogen) atoms. The standard InChI is InChI=1S/C20H20F3N3O3S/c1-25(11-16(27)24-14-7-6-13(21)17(22)18(14)23)19(28)12-4-2-8-26(10-12)20(29)15-5-3-9-30-15/h3,5-7,9,12H,2,4,8,10-11H2,1H3,(H,24,27)/t12-/m1/s1. The number of benzene rings is 1. The van der Waals surface area contributed by atoms with Crippen molar-refractivity contribution >= 4 is 34.7 Å². The zero-order chi connectivity index (χ0) is 21.8. The molecule has 1 aliphatic rings. The molecule has 0 bridgehead atoms. The number of likely N-dealkylation sites (tertiary alicyclic amines) is 1. The van der Waals surface area contributed by atoms with Crippen LogP contribution >= 0.6 is 11.3 Å². The minimum Gasteiger partial charge on any atom is -0.337 e. The predicted octanol–water partition coefficient (Wildman–Crippen LogP) is 3.11. The van der Waals surface area contributed by atoms with Gasteiger partial charge >= 0.3 is 0 Å². The zero-order valence-corrected chi connectivity index (χ0v) is 17.0. The van der Waals surface area contributed by atoms with Gasteiger partial charge in [-0.25, -0.2) is 13.2 Å². The van der Waals surface area contributed by atoms with Crippen LogP contribution in [0.25, 0.3) is 0 Å². The highest BCUT2D eigenvalue weighted by molar-refractivity contribution is 7.12. The van der Waals surface area contributed by atoms with Crippen LogP contribution in [0.5, 0.6) is 0 Å². The fraction of sp³-hybridized carbons (Fsp3) is 0.350. The maximum atomic E-state index is 13.7. The van der Waals surface area contributed by atoms with Gasteiger partial charge in [-0.05, 0) is 36.4 Å². The van der Waals surface area contributed by atoms with Gasteiger partial charge in [0, 0.05) is 20.1 Å². The number of rotatable bonds is 5. The number of likely N-dealkylation sites (N-methyl/N-ethyl adjacent to an activating group) is 1. The Kier molecular flexibility index (Phi) is 6.76. The first-order valence-corrected chi connectivity index (χ1v) is 10.2. The Hall–Kier alpha value is -2.88. The van der Waals surface area contributed by atoms with Gasteiger partial charge in [-0.2, -0.15) is 0 Å². The van der Waals surface area contributed by atoms with E-state index in [1.165, 1.54) is 23.3 Å². The molecule has 1 aromatic carbocycles. The van der Waals surface area contributed by atoms with Crippen molar-refractivity contribution in [3.05, 3.63) is 52.0 Å². The van der Waals surface area contributed by atoms with Crippen molar-refractivity contribution < 1.29 is 27.6 Å². The Morgan fingerprint density at radius 2 is 1.97 bits per heavy atom. The Bertz CT molecular complexity index is 952. The SMILES string of the molecule is CN(CC(=O)Nc1ccc(F)c(F)c1F)C(=O)[C@@H]1CCCN(C(=O)c2cccs2)C1. The van der Waals surface area contributed by atoms with E-state index in [-0.39, 0.29) is 18.4 Å². The zero-order valence-electron chi connectivity index (χ0n) is 16.2. The van der Waals surface area contributed by atoms with E-state index in [1.54, 1.807) is 17.0 Å². The molecule has 10 heteroatoms. The summed E-state index contributed by atoms with van der Waals surface area (Å²) in [6, 6.07) is 5.12. The second kappa shape index (κ2) is 9.29. The molecule has 1 aromatic heterocycles. The number of carbonyl (C=O) groups excluding carboxylic acids is 3. The molecule has 0 spiro atoms. The van der Waals surface area contributed by atoms with Gasteiger partial charge in [0.2, 0.25) is 11.8 Å². The average molecular weight is 439 g/mol. The van der Waals surface area contributed by atoms with Gasteiger partial charge in [0.05, 0.1) is 23.0 Å². The molecule has 0 radical (unpaired) electrons. The lowest BCUT2D eigenvalue weighted by Crippen LogP contribution is -2.47. The van der Waals surface area contributed by atoms with Gasteiger partial charge < -0.3 is 15.1 Å². The molecule has 160 valence electrons. The fourth-order valence-electron chi connectivity index (χ4n) is 3.34. The molecule has 0 saturated carbocycles. The van der Waals surface area contributed by atoms with Crippen molar-refractivity contribution in [2.45, 2.75) is 12.8 Å². The van der Waals surface area contributed by atoms with Gasteiger partial charge in [-0.15, -0.1) is 11.3 Å². The van der Waals surface area contributed by atoms with E-state index >= 15 is 0 Å². The van der Waals surface area contributed by atoms with E-state index in [4.69, 9.17) is 0 Å². The summed E-state index contributed by atoms with van der Waals surface area (Å²) >= 11 is 1.33. The van der Waals surface area contributed by atoms with E-state index < -0.39 is 41.5 Å². The summed E-state index contributed by atoms with van der Waals surface area (Å²) in [6.45, 7) is 0.409. The smallest absolute Gasteiger partial charge is 0.263 e. The van der Waals surface area contributed by atoms with E-state index in [1.807, 2.05) is 5.38 Å². The van der Waals surface area contributed by atoms with E-state index in [9.17, 15) is 27.6 Å². The molecule has 2 aromatic rings. The summed E-state index contributed by atoms with van der Waals surface area (Å²) < 4.78 is 40.0. The van der Waals surface area contributed by atoms with Crippen LogP contribution in [0.1, 0.15) is 22.5 Å². The number of piperidine rings is 1. The predicted molar refractivity (Wildman–Crippen MR) is 106 cm³/mol. The maximum Gasteiger partial charge on any atom is 0.263 e. The highest BCUT2D eigenvalue weighted by Gasteiger charge is 2.31. The number of hydrogen-bond acceptors (Lipinski definition) is 4. The Morgan fingerprint density at radius 3 is 2.67 bits per heavy atom. The normalized spacial score (nSPS) is 16.3. The van der Waals surface area contributed by atoms with Gasteiger partial charge in [-0.3, -0.25) is 14.4 Å². The van der Waals surface area contributed by atoms with Crippen molar-refractivity contribution in [3.8, 4) is 0 Å². The van der Waals surface area contributed by atoms with Gasteiger partial charge in [0.15, 0.2) is 17.5 Å². The number of thiophene rings is 1. The molecule has 3 rings (SSSR count). The molecular formula is C20H20F3N3O3S. The fourth-order valence-corrected chi connectivity index (χ4v) is 4.03. The molecule has 1 saturated heterocycles. The Balaban J connectivity index is 1.58. The number of hydrogen-bond donors (Lipinski definition) is 1. The molecule has 3 amide bonds. The second-order valence-corrected chi connectivity index (χ2v) is 7.98. The lowest BCUT2D eigenvalue weighted by molar-refractivity contribution is -0.138. The molecule has 1 fully saturated rings. The minimum atomic E-state index is -1.69. The first-order valence-electron chi connectivity index (χ1n) is 9.29. The van der Waals surface area contributed by atoms with E-state index in [0.717, 1.165) is 6.07 Å². The topological polar surface area (TPSA) is 69.7 Å². The average Bonchev–Trinajstić information content (AvgIpc) is 3.28. The molecule has 6 nitrogen and oxygen atoms in total. The van der Waals surface area contributed by atoms with Crippen molar-refractivity contribution in [1.82, 2.24) is 9.80 Å². The first-order chi connectivity index (χ1) is 14.3. The number of amides is 3. The van der Waals surface area contributed by atoms with E-state index in [0.29, 0.717) is 30.3 Å². The largest absolute Gasteiger partial charge is 0.337 e. The first kappa shape index (κ1) is 21.8. The molecular weight excluding hydrogens is 419 g/mol. The van der Waals surface area contributed by atoms with Gasteiger partial charge in [-0.1, -0.05) is 6.07 Å². The Labute approximate surface area is 175 Å². The van der Waals surface area contributed by atoms with Crippen LogP contribution in [-0.4, -0.2) is 54.2 Å². The summed E-state index contributed by atoms with van der Waals surface area (Å²) in [4.78, 5) is 40.8. The van der Waals surface area contributed by atoms with Crippen LogP contribution in [0.15, 0.2) is 29.6 Å². The highest BCUT2D eigenvalue weighted by atomic mass is 32.1. The van der Waals surface area contributed by atoms with Crippen molar-refractivity contribution in [3.63, 3.8) is 0 Å². The summed E-state index contributed by atoms with van der Waals surface area (Å²) in [5.41, 5.74) is -0.509. The third-order valence-corrected chi connectivity index (χ3v) is 5.71. The molecule has 0 unspecified atom stereocenters. The molecule has 1 aliphatic heterocycles. The summed E-state index contributed by atoms with van der Waals surface area (Å²) in [7, 11) is 1.42. The van der Waals surface area contributed by atoms with E-state index in [2.05, 4.69) is 5.32 Å². The molecule has 0 aliphatic carbocycles. The number of nitrogens with one attached hydrogen (secondary N) is 1.